The van der Waals surface area contributed by atoms with Gasteiger partial charge >= 0.3 is 0 Å². The summed E-state index contributed by atoms with van der Waals surface area (Å²) in [5.41, 5.74) is 1.43. The van der Waals surface area contributed by atoms with Gasteiger partial charge in [-0.2, -0.15) is 0 Å². The van der Waals surface area contributed by atoms with Gasteiger partial charge in [0.05, 0.1) is 5.56 Å². The molecule has 2 heterocycles. The molecule has 0 atom stereocenters. The Balaban J connectivity index is 2.04. The van der Waals surface area contributed by atoms with Crippen LogP contribution in [-0.4, -0.2) is 15.9 Å². The van der Waals surface area contributed by atoms with Crippen molar-refractivity contribution in [2.75, 3.05) is 0 Å². The first-order chi connectivity index (χ1) is 8.27. The number of hydrogen-bond donors (Lipinski definition) is 2. The van der Waals surface area contributed by atoms with Crippen LogP contribution in [0.2, 0.25) is 0 Å². The molecule has 0 spiro atoms. The molecule has 0 fully saturated rings. The molecule has 86 valence electrons. The summed E-state index contributed by atoms with van der Waals surface area (Å²) in [6.45, 7) is 0.441. The van der Waals surface area contributed by atoms with E-state index < -0.39 is 0 Å². The average molecular weight is 245 g/mol. The number of H-pyrrole nitrogens is 1. The topological polar surface area (TPSA) is 57.8 Å². The van der Waals surface area contributed by atoms with Crippen LogP contribution in [0.5, 0.6) is 0 Å². The smallest absolute Gasteiger partial charge is 0.254 e. The van der Waals surface area contributed by atoms with E-state index >= 15 is 0 Å². The van der Waals surface area contributed by atoms with Gasteiger partial charge in [-0.1, -0.05) is 18.3 Å². The molecule has 2 N–H and O–H groups in total. The highest BCUT2D eigenvalue weighted by Crippen LogP contribution is 2.01. The molecule has 0 aromatic carbocycles. The fraction of sp³-hybridized carbons (Fsp3) is 0.0833. The molecule has 0 unspecified atom stereocenters. The van der Waals surface area contributed by atoms with Gasteiger partial charge in [-0.15, -0.1) is 0 Å². The fourth-order valence-electron chi connectivity index (χ4n) is 1.38. The zero-order chi connectivity index (χ0) is 12.1. The summed E-state index contributed by atoms with van der Waals surface area (Å²) in [5, 5.41) is 2.79. The highest BCUT2D eigenvalue weighted by molar-refractivity contribution is 7.71. The lowest BCUT2D eigenvalue weighted by Crippen LogP contribution is -2.23. The summed E-state index contributed by atoms with van der Waals surface area (Å²) in [7, 11) is 0. The molecule has 2 aromatic rings. The van der Waals surface area contributed by atoms with E-state index in [1.54, 1.807) is 30.7 Å². The van der Waals surface area contributed by atoms with Crippen LogP contribution in [0.1, 0.15) is 15.9 Å². The minimum absolute atomic E-state index is 0.185. The second-order valence-electron chi connectivity index (χ2n) is 3.46. The number of aromatic amines is 1. The monoisotopic (exact) mass is 245 g/mol. The zero-order valence-electron chi connectivity index (χ0n) is 9.01. The van der Waals surface area contributed by atoms with E-state index in [0.29, 0.717) is 16.7 Å². The van der Waals surface area contributed by atoms with Crippen molar-refractivity contribution in [2.45, 2.75) is 6.54 Å². The first-order valence-corrected chi connectivity index (χ1v) is 5.53. The minimum atomic E-state index is -0.185. The molecule has 0 aliphatic heterocycles. The Hall–Kier alpha value is -2.01. The number of hydrogen-bond acceptors (Lipinski definition) is 3. The second-order valence-corrected chi connectivity index (χ2v) is 3.87. The zero-order valence-corrected chi connectivity index (χ0v) is 9.83. The Labute approximate surface area is 104 Å². The van der Waals surface area contributed by atoms with Crippen molar-refractivity contribution in [1.29, 1.82) is 0 Å². The molecular weight excluding hydrogens is 234 g/mol. The highest BCUT2D eigenvalue weighted by atomic mass is 32.1. The molecule has 0 saturated carbocycles. The van der Waals surface area contributed by atoms with Crippen LogP contribution in [0.3, 0.4) is 0 Å². The molecule has 0 saturated heterocycles. The van der Waals surface area contributed by atoms with E-state index in [1.165, 1.54) is 0 Å². The van der Waals surface area contributed by atoms with Crippen LogP contribution in [0, 0.1) is 4.64 Å². The highest BCUT2D eigenvalue weighted by Gasteiger charge is 2.06. The third kappa shape index (κ3) is 2.98. The van der Waals surface area contributed by atoms with Crippen LogP contribution < -0.4 is 5.32 Å². The van der Waals surface area contributed by atoms with Gasteiger partial charge < -0.3 is 10.3 Å². The molecule has 0 aliphatic carbocycles. The summed E-state index contributed by atoms with van der Waals surface area (Å²) < 4.78 is 0.441. The minimum Gasteiger partial charge on any atom is -0.352 e. The van der Waals surface area contributed by atoms with Gasteiger partial charge in [0.2, 0.25) is 0 Å². The van der Waals surface area contributed by atoms with E-state index in [1.807, 2.05) is 12.1 Å². The van der Waals surface area contributed by atoms with Gasteiger partial charge in [0, 0.05) is 25.1 Å². The van der Waals surface area contributed by atoms with Crippen LogP contribution in [0.25, 0.3) is 0 Å². The number of amides is 1. The molecule has 17 heavy (non-hydrogen) atoms. The number of carbonyl (C=O) groups is 1. The van der Waals surface area contributed by atoms with Gasteiger partial charge in [0.25, 0.3) is 5.91 Å². The third-order valence-electron chi connectivity index (χ3n) is 2.24. The van der Waals surface area contributed by atoms with Gasteiger partial charge in [-0.05, 0) is 23.8 Å². The predicted molar refractivity (Wildman–Crippen MR) is 67.0 cm³/mol. The van der Waals surface area contributed by atoms with Gasteiger partial charge in [-0.25, -0.2) is 0 Å². The number of nitrogens with one attached hydrogen (secondary N) is 2. The summed E-state index contributed by atoms with van der Waals surface area (Å²) in [6, 6.07) is 7.17. The second kappa shape index (κ2) is 5.36. The van der Waals surface area contributed by atoms with Crippen LogP contribution in [0.15, 0.2) is 42.9 Å². The Bertz CT molecular complexity index is 565. The maximum Gasteiger partial charge on any atom is 0.254 e. The van der Waals surface area contributed by atoms with Crippen molar-refractivity contribution in [2.24, 2.45) is 0 Å². The van der Waals surface area contributed by atoms with E-state index in [9.17, 15) is 4.79 Å². The Morgan fingerprint density at radius 3 is 3.00 bits per heavy atom. The number of aromatic nitrogens is 2. The average Bonchev–Trinajstić information content (AvgIpc) is 2.38. The summed E-state index contributed by atoms with van der Waals surface area (Å²) in [6.07, 6.45) is 5.10. The number of nitrogens with zero attached hydrogens (tertiary/aromatic N) is 1. The number of carbonyl (C=O) groups excluding carboxylic acids is 1. The molecule has 5 heteroatoms. The maximum atomic E-state index is 11.8. The van der Waals surface area contributed by atoms with Gasteiger partial charge in [0.15, 0.2) is 0 Å². The van der Waals surface area contributed by atoms with Crippen LogP contribution in [-0.2, 0) is 6.54 Å². The SMILES string of the molecule is O=C(NCc1cccnc1)c1ccc[nH]c1=S. The van der Waals surface area contributed by atoms with E-state index in [-0.39, 0.29) is 5.91 Å². The first kappa shape index (κ1) is 11.5. The van der Waals surface area contributed by atoms with Crippen molar-refractivity contribution in [3.8, 4) is 0 Å². The summed E-state index contributed by atoms with van der Waals surface area (Å²) in [4.78, 5) is 18.6. The number of pyridine rings is 2. The largest absolute Gasteiger partial charge is 0.352 e. The van der Waals surface area contributed by atoms with Crippen molar-refractivity contribution >= 4 is 18.1 Å². The van der Waals surface area contributed by atoms with Gasteiger partial charge in [-0.3, -0.25) is 9.78 Å². The quantitative estimate of drug-likeness (QED) is 0.814. The molecular formula is C12H11N3OS. The molecule has 2 rings (SSSR count). The van der Waals surface area contributed by atoms with E-state index in [0.717, 1.165) is 5.56 Å². The van der Waals surface area contributed by atoms with E-state index in [2.05, 4.69) is 15.3 Å². The Morgan fingerprint density at radius 1 is 1.41 bits per heavy atom. The normalized spacial score (nSPS) is 9.88. The first-order valence-electron chi connectivity index (χ1n) is 5.12. The summed E-state index contributed by atoms with van der Waals surface area (Å²) in [5.74, 6) is -0.185. The Kier molecular flexibility index (Phi) is 3.62. The maximum absolute atomic E-state index is 11.8. The van der Waals surface area contributed by atoms with Crippen LogP contribution >= 0.6 is 12.2 Å². The third-order valence-corrected chi connectivity index (χ3v) is 2.58. The van der Waals surface area contributed by atoms with Crippen LogP contribution in [0.4, 0.5) is 0 Å². The van der Waals surface area contributed by atoms with Gasteiger partial charge in [0.1, 0.15) is 4.64 Å². The Morgan fingerprint density at radius 2 is 2.29 bits per heavy atom. The van der Waals surface area contributed by atoms with Crippen molar-refractivity contribution in [3.05, 3.63) is 58.6 Å². The van der Waals surface area contributed by atoms with E-state index in [4.69, 9.17) is 12.2 Å². The molecule has 0 bridgehead atoms. The fourth-order valence-corrected chi connectivity index (χ4v) is 1.61. The predicted octanol–water partition coefficient (Wildman–Crippen LogP) is 2.07. The lowest BCUT2D eigenvalue weighted by Gasteiger charge is -2.04. The molecule has 0 radical (unpaired) electrons. The lowest BCUT2D eigenvalue weighted by atomic mass is 10.2. The molecule has 4 nitrogen and oxygen atoms in total. The standard InChI is InChI=1S/C12H11N3OS/c16-11(10-4-2-6-14-12(10)17)15-8-9-3-1-5-13-7-9/h1-7H,8H2,(H,14,17)(H,15,16). The van der Waals surface area contributed by atoms with Crippen molar-refractivity contribution in [1.82, 2.24) is 15.3 Å². The molecule has 0 aliphatic rings. The van der Waals surface area contributed by atoms with Crippen molar-refractivity contribution in [3.63, 3.8) is 0 Å². The summed E-state index contributed by atoms with van der Waals surface area (Å²) >= 11 is 5.03. The van der Waals surface area contributed by atoms with Crippen molar-refractivity contribution < 1.29 is 4.79 Å². The lowest BCUT2D eigenvalue weighted by molar-refractivity contribution is 0.0950. The molecule has 2 aromatic heterocycles. The molecule has 1 amide bonds. The number of rotatable bonds is 3.